The van der Waals surface area contributed by atoms with E-state index >= 15 is 0 Å². The Morgan fingerprint density at radius 2 is 1.35 bits per heavy atom. The van der Waals surface area contributed by atoms with Crippen LogP contribution in [0.25, 0.3) is 44.2 Å². The molecule has 0 bridgehead atoms. The average Bonchev–Trinajstić information content (AvgIpc) is 3.56. The van der Waals surface area contributed by atoms with Crippen LogP contribution in [0.5, 0.6) is 0 Å². The minimum atomic E-state index is -0.159. The Bertz CT molecular complexity index is 2880. The summed E-state index contributed by atoms with van der Waals surface area (Å²) >= 11 is 0. The highest BCUT2D eigenvalue weighted by Gasteiger charge is 2.50. The molecule has 0 aliphatic carbocycles. The number of anilines is 5. The molecule has 0 saturated heterocycles. The van der Waals surface area contributed by atoms with Crippen molar-refractivity contribution in [2.45, 2.75) is 52.4 Å². The molecule has 0 amide bonds. The fourth-order valence-corrected chi connectivity index (χ4v) is 9.83. The van der Waals surface area contributed by atoms with E-state index in [1.54, 1.807) is 0 Å². The summed E-state index contributed by atoms with van der Waals surface area (Å²) in [5, 5.41) is 2.27. The van der Waals surface area contributed by atoms with Crippen molar-refractivity contribution in [3.8, 4) is 22.3 Å². The highest BCUT2D eigenvalue weighted by Crippen LogP contribution is 2.57. The van der Waals surface area contributed by atoms with E-state index in [9.17, 15) is 0 Å². The second kappa shape index (κ2) is 10.8. The third-order valence-electron chi connectivity index (χ3n) is 12.4. The molecule has 11 rings (SSSR count). The number of furan rings is 1. The van der Waals surface area contributed by atoms with Crippen LogP contribution in [0.2, 0.25) is 0 Å². The van der Waals surface area contributed by atoms with E-state index in [2.05, 4.69) is 191 Å². The molecule has 0 saturated carbocycles. The summed E-state index contributed by atoms with van der Waals surface area (Å²) in [7, 11) is 0. The monoisotopic (exact) mass is 696 g/mol. The third kappa shape index (κ3) is 4.14. The zero-order valence-corrected chi connectivity index (χ0v) is 31.7. The van der Waals surface area contributed by atoms with Crippen molar-refractivity contribution in [2.24, 2.45) is 0 Å². The lowest BCUT2D eigenvalue weighted by Crippen LogP contribution is -2.63. The fourth-order valence-electron chi connectivity index (χ4n) is 9.83. The molecule has 7 aromatic carbocycles. The molecule has 4 heterocycles. The summed E-state index contributed by atoms with van der Waals surface area (Å²) in [6, 6.07) is 52.1. The number of rotatable bonds is 2. The fraction of sp³-hybridized carbons (Fsp3) is 0.160. The van der Waals surface area contributed by atoms with Crippen LogP contribution in [0.3, 0.4) is 0 Å². The number of aryl methyl sites for hydroxylation is 1. The Kier molecular flexibility index (Phi) is 6.30. The van der Waals surface area contributed by atoms with E-state index in [0.717, 1.165) is 33.3 Å². The second-order valence-corrected chi connectivity index (χ2v) is 17.0. The molecular formula is C50H41BN2O. The number of benzene rings is 7. The maximum atomic E-state index is 7.03. The van der Waals surface area contributed by atoms with Gasteiger partial charge in [-0.25, -0.2) is 0 Å². The van der Waals surface area contributed by atoms with Crippen molar-refractivity contribution in [3.63, 3.8) is 0 Å². The van der Waals surface area contributed by atoms with Crippen LogP contribution in [0.4, 0.5) is 28.4 Å². The van der Waals surface area contributed by atoms with Gasteiger partial charge in [-0.15, -0.1) is 0 Å². The van der Waals surface area contributed by atoms with Gasteiger partial charge in [0.05, 0.1) is 11.4 Å². The van der Waals surface area contributed by atoms with E-state index < -0.39 is 0 Å². The van der Waals surface area contributed by atoms with Gasteiger partial charge in [-0.2, -0.15) is 0 Å². The van der Waals surface area contributed by atoms with Crippen LogP contribution in [-0.4, -0.2) is 6.85 Å². The number of hydrogen-bond donors (Lipinski definition) is 0. The van der Waals surface area contributed by atoms with Crippen molar-refractivity contribution >= 4 is 68.1 Å². The lowest BCUT2D eigenvalue weighted by Gasteiger charge is -2.51. The first-order valence-corrected chi connectivity index (χ1v) is 19.2. The van der Waals surface area contributed by atoms with Gasteiger partial charge in [0.25, 0.3) is 0 Å². The van der Waals surface area contributed by atoms with Gasteiger partial charge in [0.15, 0.2) is 5.58 Å². The summed E-state index contributed by atoms with van der Waals surface area (Å²) in [6.07, 6.45) is 0. The summed E-state index contributed by atoms with van der Waals surface area (Å²) in [5.41, 5.74) is 20.6. The molecule has 0 unspecified atom stereocenters. The molecule has 0 spiro atoms. The Balaban J connectivity index is 1.32. The second-order valence-electron chi connectivity index (χ2n) is 17.0. The number of fused-ring (bicyclic) bond motifs is 10. The molecule has 8 aromatic rings. The highest BCUT2D eigenvalue weighted by molar-refractivity contribution is 6.94. The van der Waals surface area contributed by atoms with E-state index in [1.165, 1.54) is 72.5 Å². The standard InChI is InChI=1S/C50H41BN2O/c1-30-27-37-34-18-14-20-39-46(34)53(42-21-12-11-19-38(42)50(39,5)6)51-40-25-24-35-33-17-10-13-22-44(33)54-48(35)47(40)52(43(28-30)45(37)51)41-26-23-32(49(2,3)4)29-36(41)31-15-8-7-9-16-31/h7-29H,1-6H3. The van der Waals surface area contributed by atoms with Gasteiger partial charge in [-0.3, -0.25) is 0 Å². The largest absolute Gasteiger partial charge is 0.454 e. The maximum absolute atomic E-state index is 7.03. The van der Waals surface area contributed by atoms with Crippen molar-refractivity contribution in [1.29, 1.82) is 0 Å². The van der Waals surface area contributed by atoms with E-state index in [-0.39, 0.29) is 17.7 Å². The lowest BCUT2D eigenvalue weighted by molar-refractivity contribution is 0.590. The molecule has 0 N–H and O–H groups in total. The predicted molar refractivity (Wildman–Crippen MR) is 228 cm³/mol. The van der Waals surface area contributed by atoms with Crippen LogP contribution < -0.4 is 20.6 Å². The lowest BCUT2D eigenvalue weighted by atomic mass is 9.42. The summed E-state index contributed by atoms with van der Waals surface area (Å²) in [6.45, 7) is 13.9. The summed E-state index contributed by atoms with van der Waals surface area (Å²) in [4.78, 5) is 5.21. The first-order valence-electron chi connectivity index (χ1n) is 19.2. The van der Waals surface area contributed by atoms with Crippen LogP contribution in [-0.2, 0) is 10.8 Å². The quantitative estimate of drug-likeness (QED) is 0.168. The smallest absolute Gasteiger partial charge is 0.333 e. The predicted octanol–water partition coefficient (Wildman–Crippen LogP) is 12.2. The highest BCUT2D eigenvalue weighted by atomic mass is 16.3. The molecule has 1 aromatic heterocycles. The van der Waals surface area contributed by atoms with E-state index in [1.807, 2.05) is 0 Å². The normalized spacial score (nSPS) is 14.9. The number of nitrogens with zero attached hydrogens (tertiary/aromatic N) is 2. The van der Waals surface area contributed by atoms with Gasteiger partial charge in [0.1, 0.15) is 5.58 Å². The molecule has 54 heavy (non-hydrogen) atoms. The molecule has 0 radical (unpaired) electrons. The molecule has 0 atom stereocenters. The van der Waals surface area contributed by atoms with Gasteiger partial charge in [0, 0.05) is 44.4 Å². The zero-order valence-electron chi connectivity index (χ0n) is 31.7. The first kappa shape index (κ1) is 31.5. The Morgan fingerprint density at radius 1 is 0.593 bits per heavy atom. The SMILES string of the molecule is Cc1cc2c3c(c1)N(c1ccc(C(C)(C)C)cc1-c1ccccc1)c1c(ccc4c1oc1ccccc14)B3N1c3ccccc3C(C)(C)c3cccc-2c31. The third-order valence-corrected chi connectivity index (χ3v) is 12.4. The van der Waals surface area contributed by atoms with Gasteiger partial charge >= 0.3 is 6.85 Å². The van der Waals surface area contributed by atoms with Crippen molar-refractivity contribution in [1.82, 2.24) is 0 Å². The van der Waals surface area contributed by atoms with Crippen LogP contribution >= 0.6 is 0 Å². The molecule has 0 fully saturated rings. The minimum Gasteiger partial charge on any atom is -0.454 e. The Labute approximate surface area is 317 Å². The Hall–Kier alpha value is -6.00. The first-order chi connectivity index (χ1) is 26.1. The van der Waals surface area contributed by atoms with E-state index in [4.69, 9.17) is 4.42 Å². The topological polar surface area (TPSA) is 19.6 Å². The molecule has 3 aliphatic heterocycles. The zero-order chi connectivity index (χ0) is 36.7. The maximum Gasteiger partial charge on any atom is 0.333 e. The van der Waals surface area contributed by atoms with Crippen LogP contribution in [0, 0.1) is 6.92 Å². The van der Waals surface area contributed by atoms with Gasteiger partial charge in [-0.05, 0) is 87.0 Å². The number of hydrogen-bond acceptors (Lipinski definition) is 3. The van der Waals surface area contributed by atoms with Crippen molar-refractivity contribution in [3.05, 3.63) is 162 Å². The van der Waals surface area contributed by atoms with Gasteiger partial charge < -0.3 is 14.1 Å². The van der Waals surface area contributed by atoms with Crippen LogP contribution in [0.1, 0.15) is 56.9 Å². The van der Waals surface area contributed by atoms with Crippen LogP contribution in [0.15, 0.2) is 144 Å². The molecule has 4 heteroatoms. The molecule has 3 nitrogen and oxygen atoms in total. The van der Waals surface area contributed by atoms with Crippen molar-refractivity contribution in [2.75, 3.05) is 9.71 Å². The summed E-state index contributed by atoms with van der Waals surface area (Å²) in [5.74, 6) is 0. The molecule has 260 valence electrons. The van der Waals surface area contributed by atoms with E-state index in [0.29, 0.717) is 0 Å². The summed E-state index contributed by atoms with van der Waals surface area (Å²) < 4.78 is 7.03. The minimum absolute atomic E-state index is 0.0156. The molecular weight excluding hydrogens is 655 g/mol. The Morgan fingerprint density at radius 3 is 2.19 bits per heavy atom. The van der Waals surface area contributed by atoms with Crippen molar-refractivity contribution < 1.29 is 4.42 Å². The molecule has 3 aliphatic rings. The van der Waals surface area contributed by atoms with Gasteiger partial charge in [-0.1, -0.05) is 144 Å². The van der Waals surface area contributed by atoms with Gasteiger partial charge in [0.2, 0.25) is 0 Å². The number of para-hydroxylation sites is 3. The average molecular weight is 697 g/mol.